The molecule has 0 unspecified atom stereocenters. The Morgan fingerprint density at radius 1 is 1.62 bits per heavy atom. The molecule has 5 heteroatoms. The Balaban J connectivity index is 3.17. The third kappa shape index (κ3) is 2.21. The van der Waals surface area contributed by atoms with E-state index in [1.54, 1.807) is 0 Å². The summed E-state index contributed by atoms with van der Waals surface area (Å²) in [5, 5.41) is 0. The predicted octanol–water partition coefficient (Wildman–Crippen LogP) is 2.57. The number of pyridine rings is 1. The van der Waals surface area contributed by atoms with Crippen molar-refractivity contribution in [3.05, 3.63) is 29.1 Å². The Labute approximate surface area is 78.5 Å². The third-order valence-corrected chi connectivity index (χ3v) is 1.80. The average molecular weight is 206 g/mol. The quantitative estimate of drug-likeness (QED) is 0.561. The lowest BCUT2D eigenvalue weighted by molar-refractivity contribution is 0.110. The molecular weight excluding hydrogens is 200 g/mol. The lowest BCUT2D eigenvalue weighted by Gasteiger charge is -2.03. The van der Waals surface area contributed by atoms with Gasteiger partial charge < -0.3 is 0 Å². The van der Waals surface area contributed by atoms with E-state index in [4.69, 9.17) is 11.6 Å². The first-order valence-corrected chi connectivity index (χ1v) is 4.00. The van der Waals surface area contributed by atoms with Crippen LogP contribution in [-0.4, -0.2) is 11.3 Å². The molecule has 0 spiro atoms. The Morgan fingerprint density at radius 2 is 2.31 bits per heavy atom. The minimum atomic E-state index is -2.68. The number of alkyl halides is 3. The fraction of sp³-hybridized carbons (Fsp3) is 0.250. The van der Waals surface area contributed by atoms with E-state index in [9.17, 15) is 13.6 Å². The third-order valence-electron chi connectivity index (χ3n) is 1.52. The molecule has 0 aliphatic carbocycles. The van der Waals surface area contributed by atoms with Crippen LogP contribution in [0.25, 0.3) is 0 Å². The Bertz CT molecular complexity index is 317. The van der Waals surface area contributed by atoms with Crippen LogP contribution >= 0.6 is 11.6 Å². The standard InChI is InChI=1S/C8H6ClF2NO/c9-2-6-1-7(8(10)11)5(4-13)3-12-6/h1,3-4,8H,2H2. The predicted molar refractivity (Wildman–Crippen MR) is 44.1 cm³/mol. The first kappa shape index (κ1) is 10.1. The lowest BCUT2D eigenvalue weighted by atomic mass is 10.1. The molecule has 0 amide bonds. The molecule has 1 rings (SSSR count). The van der Waals surface area contributed by atoms with Crippen molar-refractivity contribution in [2.45, 2.75) is 12.3 Å². The maximum Gasteiger partial charge on any atom is 0.264 e. The van der Waals surface area contributed by atoms with E-state index in [1.807, 2.05) is 0 Å². The highest BCUT2D eigenvalue weighted by Gasteiger charge is 2.13. The maximum atomic E-state index is 12.3. The van der Waals surface area contributed by atoms with Crippen LogP contribution in [0.1, 0.15) is 28.0 Å². The minimum absolute atomic E-state index is 0.0544. The summed E-state index contributed by atoms with van der Waals surface area (Å²) in [4.78, 5) is 14.0. The van der Waals surface area contributed by atoms with Crippen molar-refractivity contribution in [3.63, 3.8) is 0 Å². The molecule has 0 radical (unpaired) electrons. The second kappa shape index (κ2) is 4.28. The van der Waals surface area contributed by atoms with E-state index in [2.05, 4.69) is 4.98 Å². The molecule has 0 N–H and O–H groups in total. The van der Waals surface area contributed by atoms with Crippen molar-refractivity contribution >= 4 is 17.9 Å². The van der Waals surface area contributed by atoms with Gasteiger partial charge >= 0.3 is 0 Å². The molecule has 0 aliphatic rings. The van der Waals surface area contributed by atoms with Gasteiger partial charge in [0.2, 0.25) is 0 Å². The molecule has 2 nitrogen and oxygen atoms in total. The number of halogens is 3. The number of aldehydes is 1. The zero-order valence-corrected chi connectivity index (χ0v) is 7.26. The number of nitrogens with zero attached hydrogens (tertiary/aromatic N) is 1. The van der Waals surface area contributed by atoms with Crippen LogP contribution in [0.15, 0.2) is 12.3 Å². The topological polar surface area (TPSA) is 30.0 Å². The molecule has 13 heavy (non-hydrogen) atoms. The number of aromatic nitrogens is 1. The van der Waals surface area contributed by atoms with Crippen molar-refractivity contribution < 1.29 is 13.6 Å². The normalized spacial score (nSPS) is 10.5. The second-order valence-electron chi connectivity index (χ2n) is 2.36. The molecule has 0 fully saturated rings. The number of hydrogen-bond donors (Lipinski definition) is 0. The van der Waals surface area contributed by atoms with E-state index < -0.39 is 6.43 Å². The summed E-state index contributed by atoms with van der Waals surface area (Å²) in [6, 6.07) is 1.14. The highest BCUT2D eigenvalue weighted by molar-refractivity contribution is 6.16. The van der Waals surface area contributed by atoms with Gasteiger partial charge in [0, 0.05) is 17.3 Å². The van der Waals surface area contributed by atoms with Crippen molar-refractivity contribution in [3.8, 4) is 0 Å². The van der Waals surface area contributed by atoms with Gasteiger partial charge in [-0.3, -0.25) is 9.78 Å². The van der Waals surface area contributed by atoms with E-state index in [0.717, 1.165) is 12.3 Å². The van der Waals surface area contributed by atoms with Crippen molar-refractivity contribution in [2.24, 2.45) is 0 Å². The molecule has 0 saturated heterocycles. The summed E-state index contributed by atoms with van der Waals surface area (Å²) in [5.41, 5.74) is -0.0768. The molecule has 70 valence electrons. The average Bonchev–Trinajstić information content (AvgIpc) is 2.16. The van der Waals surface area contributed by atoms with Crippen molar-refractivity contribution in [1.82, 2.24) is 4.98 Å². The molecule has 0 aliphatic heterocycles. The van der Waals surface area contributed by atoms with Crippen LogP contribution in [0.2, 0.25) is 0 Å². The van der Waals surface area contributed by atoms with E-state index >= 15 is 0 Å². The smallest absolute Gasteiger partial charge is 0.264 e. The van der Waals surface area contributed by atoms with Crippen LogP contribution < -0.4 is 0 Å². The van der Waals surface area contributed by atoms with Gasteiger partial charge in [0.05, 0.1) is 11.6 Å². The Morgan fingerprint density at radius 3 is 2.77 bits per heavy atom. The van der Waals surface area contributed by atoms with Crippen molar-refractivity contribution in [1.29, 1.82) is 0 Å². The fourth-order valence-corrected chi connectivity index (χ4v) is 1.03. The number of rotatable bonds is 3. The summed E-state index contributed by atoms with van der Waals surface area (Å²) in [7, 11) is 0. The molecule has 1 aromatic rings. The van der Waals surface area contributed by atoms with Crippen LogP contribution in [0.4, 0.5) is 8.78 Å². The van der Waals surface area contributed by atoms with Gasteiger partial charge in [0.25, 0.3) is 6.43 Å². The summed E-state index contributed by atoms with van der Waals surface area (Å²) < 4.78 is 24.6. The van der Waals surface area contributed by atoms with Crippen LogP contribution in [-0.2, 0) is 5.88 Å². The monoisotopic (exact) mass is 205 g/mol. The van der Waals surface area contributed by atoms with Crippen LogP contribution in [0, 0.1) is 0 Å². The van der Waals surface area contributed by atoms with Crippen LogP contribution in [0.3, 0.4) is 0 Å². The molecular formula is C8H6ClF2NO. The molecule has 0 bridgehead atoms. The second-order valence-corrected chi connectivity index (χ2v) is 2.62. The van der Waals surface area contributed by atoms with Crippen LogP contribution in [0.5, 0.6) is 0 Å². The fourth-order valence-electron chi connectivity index (χ4n) is 0.888. The number of hydrogen-bond acceptors (Lipinski definition) is 2. The number of carbonyl (C=O) groups is 1. The molecule has 1 heterocycles. The van der Waals surface area contributed by atoms with Gasteiger partial charge in [-0.05, 0) is 6.07 Å². The van der Waals surface area contributed by atoms with Gasteiger partial charge in [0.1, 0.15) is 0 Å². The largest absolute Gasteiger partial charge is 0.298 e. The maximum absolute atomic E-state index is 12.3. The van der Waals surface area contributed by atoms with Gasteiger partial charge in [0.15, 0.2) is 6.29 Å². The van der Waals surface area contributed by atoms with Gasteiger partial charge in [-0.25, -0.2) is 8.78 Å². The zero-order chi connectivity index (χ0) is 9.84. The summed E-state index contributed by atoms with van der Waals surface area (Å²) in [6.45, 7) is 0. The zero-order valence-electron chi connectivity index (χ0n) is 6.51. The molecule has 0 saturated carbocycles. The molecule has 1 aromatic heterocycles. The van der Waals surface area contributed by atoms with E-state index in [0.29, 0.717) is 12.0 Å². The van der Waals surface area contributed by atoms with E-state index in [-0.39, 0.29) is 17.0 Å². The summed E-state index contributed by atoms with van der Waals surface area (Å²) in [6.07, 6.45) is -1.22. The molecule has 0 aromatic carbocycles. The number of carbonyl (C=O) groups excluding carboxylic acids is 1. The SMILES string of the molecule is O=Cc1cnc(CCl)cc1C(F)F. The van der Waals surface area contributed by atoms with E-state index in [1.165, 1.54) is 0 Å². The molecule has 0 atom stereocenters. The summed E-state index contributed by atoms with van der Waals surface area (Å²) >= 11 is 5.40. The minimum Gasteiger partial charge on any atom is -0.298 e. The van der Waals surface area contributed by atoms with Gasteiger partial charge in [-0.2, -0.15) is 0 Å². The van der Waals surface area contributed by atoms with Gasteiger partial charge in [-0.15, -0.1) is 11.6 Å². The Hall–Kier alpha value is -1.03. The first-order valence-electron chi connectivity index (χ1n) is 3.47. The summed E-state index contributed by atoms with van der Waals surface area (Å²) in [5.74, 6) is 0.0544. The first-order chi connectivity index (χ1) is 6.19. The highest BCUT2D eigenvalue weighted by atomic mass is 35.5. The highest BCUT2D eigenvalue weighted by Crippen LogP contribution is 2.22. The Kier molecular flexibility index (Phi) is 3.31. The lowest BCUT2D eigenvalue weighted by Crippen LogP contribution is -1.97. The van der Waals surface area contributed by atoms with Crippen molar-refractivity contribution in [2.75, 3.05) is 0 Å². The van der Waals surface area contributed by atoms with Gasteiger partial charge in [-0.1, -0.05) is 0 Å².